The first-order valence-corrected chi connectivity index (χ1v) is 11.7. The Bertz CT molecular complexity index is 961. The van der Waals surface area contributed by atoms with Crippen LogP contribution in [0.15, 0.2) is 77.2 Å². The van der Waals surface area contributed by atoms with E-state index in [1.807, 2.05) is 48.5 Å². The summed E-state index contributed by atoms with van der Waals surface area (Å²) >= 11 is 0. The van der Waals surface area contributed by atoms with E-state index >= 15 is 0 Å². The lowest BCUT2D eigenvalue weighted by atomic mass is 9.77. The fourth-order valence-electron chi connectivity index (χ4n) is 4.76. The maximum Gasteiger partial charge on any atom is 0.314 e. The second kappa shape index (κ2) is 11.1. The second-order valence-electron chi connectivity index (χ2n) is 8.92. The van der Waals surface area contributed by atoms with Gasteiger partial charge in [-0.25, -0.2) is 0 Å². The van der Waals surface area contributed by atoms with E-state index in [1.54, 1.807) is 0 Å². The van der Waals surface area contributed by atoms with Crippen LogP contribution in [-0.4, -0.2) is 17.9 Å². The number of hydrogen-bond donors (Lipinski definition) is 0. The molecule has 32 heavy (non-hydrogen) atoms. The molecular weight excluding hydrogens is 398 g/mol. The molecule has 3 aromatic rings. The first kappa shape index (κ1) is 22.3. The van der Waals surface area contributed by atoms with E-state index in [9.17, 15) is 4.79 Å². The summed E-state index contributed by atoms with van der Waals surface area (Å²) in [4.78, 5) is 15.3. The molecule has 0 radical (unpaired) electrons. The van der Waals surface area contributed by atoms with Gasteiger partial charge < -0.3 is 9.15 Å². The van der Waals surface area contributed by atoms with E-state index < -0.39 is 0 Å². The first-order chi connectivity index (χ1) is 15.7. The number of ether oxygens (including phenoxy) is 1. The maximum absolute atomic E-state index is 13.1. The summed E-state index contributed by atoms with van der Waals surface area (Å²) in [6.45, 7) is 1.74. The van der Waals surface area contributed by atoms with Gasteiger partial charge in [-0.3, -0.25) is 9.69 Å². The quantitative estimate of drug-likeness (QED) is 0.372. The van der Waals surface area contributed by atoms with Crippen molar-refractivity contribution >= 4 is 5.97 Å². The molecule has 1 atom stereocenters. The number of carbonyl (C=O) groups excluding carboxylic acids is 1. The summed E-state index contributed by atoms with van der Waals surface area (Å²) in [5.41, 5.74) is 2.33. The van der Waals surface area contributed by atoms with Crippen LogP contribution in [0.3, 0.4) is 0 Å². The topological polar surface area (TPSA) is 42.7 Å². The van der Waals surface area contributed by atoms with Crippen LogP contribution in [0.1, 0.15) is 60.7 Å². The van der Waals surface area contributed by atoms with Crippen molar-refractivity contribution in [2.24, 2.45) is 5.92 Å². The van der Waals surface area contributed by atoms with Crippen molar-refractivity contribution in [3.05, 3.63) is 95.4 Å². The van der Waals surface area contributed by atoms with Crippen LogP contribution in [0.4, 0.5) is 0 Å². The maximum atomic E-state index is 13.1. The molecule has 168 valence electrons. The van der Waals surface area contributed by atoms with Crippen LogP contribution in [0, 0.1) is 5.92 Å². The average molecular weight is 432 g/mol. The highest BCUT2D eigenvalue weighted by molar-refractivity contribution is 5.78. The standard InChI is InChI=1S/C28H33NO3/c1-29(19-22-11-5-2-6-12-22)20-25-17-18-26(32-25)21-31-28(30)27(23-13-7-3-8-14-23)24-15-9-4-10-16-24/h2-3,5-8,11-14,17-18,24,27H,4,9-10,15-16,19-21H2,1H3/t27-/m1/s1. The molecule has 2 aromatic carbocycles. The Morgan fingerprint density at radius 2 is 1.56 bits per heavy atom. The Morgan fingerprint density at radius 1 is 0.906 bits per heavy atom. The highest BCUT2D eigenvalue weighted by Crippen LogP contribution is 2.37. The minimum absolute atomic E-state index is 0.137. The molecule has 1 fully saturated rings. The molecule has 0 saturated heterocycles. The van der Waals surface area contributed by atoms with E-state index in [2.05, 4.69) is 36.2 Å². The Labute approximate surface area is 191 Å². The number of nitrogens with zero attached hydrogens (tertiary/aromatic N) is 1. The van der Waals surface area contributed by atoms with E-state index in [4.69, 9.17) is 9.15 Å². The summed E-state index contributed by atoms with van der Waals surface area (Å²) in [5, 5.41) is 0. The number of benzene rings is 2. The zero-order valence-corrected chi connectivity index (χ0v) is 18.9. The molecule has 4 rings (SSSR count). The molecule has 0 unspecified atom stereocenters. The van der Waals surface area contributed by atoms with Crippen LogP contribution in [0.2, 0.25) is 0 Å². The number of furan rings is 1. The lowest BCUT2D eigenvalue weighted by Gasteiger charge is -2.29. The highest BCUT2D eigenvalue weighted by atomic mass is 16.5. The summed E-state index contributed by atoms with van der Waals surface area (Å²) in [7, 11) is 2.07. The molecule has 0 N–H and O–H groups in total. The predicted octanol–water partition coefficient (Wildman–Crippen LogP) is 6.32. The number of rotatable bonds is 9. The van der Waals surface area contributed by atoms with Gasteiger partial charge in [-0.15, -0.1) is 0 Å². The van der Waals surface area contributed by atoms with Gasteiger partial charge in [-0.1, -0.05) is 79.9 Å². The summed E-state index contributed by atoms with van der Waals surface area (Å²) < 4.78 is 11.7. The molecule has 4 nitrogen and oxygen atoms in total. The molecule has 0 bridgehead atoms. The molecule has 4 heteroatoms. The minimum Gasteiger partial charge on any atom is -0.461 e. The Morgan fingerprint density at radius 3 is 2.28 bits per heavy atom. The van der Waals surface area contributed by atoms with Gasteiger partial charge >= 0.3 is 5.97 Å². The Kier molecular flexibility index (Phi) is 7.78. The van der Waals surface area contributed by atoms with Gasteiger partial charge in [0, 0.05) is 6.54 Å². The van der Waals surface area contributed by atoms with Crippen LogP contribution < -0.4 is 0 Å². The van der Waals surface area contributed by atoms with Gasteiger partial charge in [0.15, 0.2) is 0 Å². The summed E-state index contributed by atoms with van der Waals surface area (Å²) in [5.74, 6) is 1.60. The molecule has 1 saturated carbocycles. The predicted molar refractivity (Wildman–Crippen MR) is 126 cm³/mol. The van der Waals surface area contributed by atoms with E-state index in [-0.39, 0.29) is 18.5 Å². The minimum atomic E-state index is -0.192. The monoisotopic (exact) mass is 431 g/mol. The van der Waals surface area contributed by atoms with Gasteiger partial charge in [0.25, 0.3) is 0 Å². The fraction of sp³-hybridized carbons (Fsp3) is 0.393. The van der Waals surface area contributed by atoms with Crippen LogP contribution in [0.25, 0.3) is 0 Å². The third-order valence-corrected chi connectivity index (χ3v) is 6.33. The van der Waals surface area contributed by atoms with E-state index in [1.165, 1.54) is 24.8 Å². The largest absolute Gasteiger partial charge is 0.461 e. The number of esters is 1. The van der Waals surface area contributed by atoms with Gasteiger partial charge in [-0.2, -0.15) is 0 Å². The smallest absolute Gasteiger partial charge is 0.314 e. The third kappa shape index (κ3) is 6.10. The molecule has 1 heterocycles. The summed E-state index contributed by atoms with van der Waals surface area (Å²) in [6.07, 6.45) is 5.83. The first-order valence-electron chi connectivity index (χ1n) is 11.7. The molecule has 1 aliphatic rings. The highest BCUT2D eigenvalue weighted by Gasteiger charge is 2.32. The Balaban J connectivity index is 1.34. The molecule has 1 aliphatic carbocycles. The molecule has 1 aromatic heterocycles. The zero-order chi connectivity index (χ0) is 22.2. The van der Waals surface area contributed by atoms with Gasteiger partial charge in [0.2, 0.25) is 0 Å². The normalized spacial score (nSPS) is 15.6. The average Bonchev–Trinajstić information content (AvgIpc) is 3.27. The molecular formula is C28H33NO3. The zero-order valence-electron chi connectivity index (χ0n) is 18.9. The van der Waals surface area contributed by atoms with Crippen molar-refractivity contribution in [3.63, 3.8) is 0 Å². The Hall–Kier alpha value is -2.85. The van der Waals surface area contributed by atoms with Crippen LogP contribution >= 0.6 is 0 Å². The van der Waals surface area contributed by atoms with Crippen molar-refractivity contribution in [1.29, 1.82) is 0 Å². The number of carbonyl (C=O) groups is 1. The van der Waals surface area contributed by atoms with Crippen LogP contribution in [-0.2, 0) is 29.2 Å². The van der Waals surface area contributed by atoms with Crippen molar-refractivity contribution in [2.75, 3.05) is 7.05 Å². The fourth-order valence-corrected chi connectivity index (χ4v) is 4.76. The SMILES string of the molecule is CN(Cc1ccccc1)Cc1ccc(COC(=O)[C@H](c2ccccc2)C2CCCCC2)o1. The van der Waals surface area contributed by atoms with Crippen molar-refractivity contribution in [1.82, 2.24) is 4.90 Å². The van der Waals surface area contributed by atoms with Crippen LogP contribution in [0.5, 0.6) is 0 Å². The van der Waals surface area contributed by atoms with Gasteiger partial charge in [-0.05, 0) is 49.1 Å². The van der Waals surface area contributed by atoms with Gasteiger partial charge in [0.05, 0.1) is 12.5 Å². The lowest BCUT2D eigenvalue weighted by Crippen LogP contribution is -2.25. The summed E-state index contributed by atoms with van der Waals surface area (Å²) in [6, 6.07) is 24.4. The van der Waals surface area contributed by atoms with Crippen molar-refractivity contribution in [2.45, 2.75) is 57.7 Å². The second-order valence-corrected chi connectivity index (χ2v) is 8.92. The van der Waals surface area contributed by atoms with E-state index in [0.29, 0.717) is 18.2 Å². The van der Waals surface area contributed by atoms with Crippen molar-refractivity contribution in [3.8, 4) is 0 Å². The van der Waals surface area contributed by atoms with Gasteiger partial charge in [0.1, 0.15) is 18.1 Å². The lowest BCUT2D eigenvalue weighted by molar-refractivity contribution is -0.149. The molecule has 0 aliphatic heterocycles. The van der Waals surface area contributed by atoms with E-state index in [0.717, 1.165) is 30.7 Å². The third-order valence-electron chi connectivity index (χ3n) is 6.33. The molecule has 0 spiro atoms. The molecule has 0 amide bonds. The number of hydrogen-bond acceptors (Lipinski definition) is 4. The van der Waals surface area contributed by atoms with Crippen molar-refractivity contribution < 1.29 is 13.9 Å².